The Hall–Kier alpha value is -2.68. The number of carbonyl (C=O) groups is 1. The van der Waals surface area contributed by atoms with E-state index in [0.29, 0.717) is 12.0 Å². The summed E-state index contributed by atoms with van der Waals surface area (Å²) in [5.41, 5.74) is 2.25. The summed E-state index contributed by atoms with van der Waals surface area (Å²) >= 11 is 0. The van der Waals surface area contributed by atoms with Gasteiger partial charge in [-0.2, -0.15) is 0 Å². The van der Waals surface area contributed by atoms with Crippen molar-refractivity contribution in [2.75, 3.05) is 0 Å². The van der Waals surface area contributed by atoms with Crippen molar-refractivity contribution in [3.63, 3.8) is 0 Å². The van der Waals surface area contributed by atoms with Crippen molar-refractivity contribution in [1.82, 2.24) is 0 Å². The van der Waals surface area contributed by atoms with Gasteiger partial charge in [-0.25, -0.2) is 4.79 Å². The summed E-state index contributed by atoms with van der Waals surface area (Å²) in [7, 11) is 0. The number of rotatable bonds is 4. The molecule has 1 atom stereocenters. The van der Waals surface area contributed by atoms with Gasteiger partial charge in [0, 0.05) is 6.42 Å². The maximum absolute atomic E-state index is 12.3. The second-order valence-corrected chi connectivity index (χ2v) is 6.56. The van der Waals surface area contributed by atoms with Gasteiger partial charge in [-0.1, -0.05) is 54.6 Å². The molecule has 2 aromatic rings. The van der Waals surface area contributed by atoms with E-state index in [1.54, 1.807) is 12.1 Å². The van der Waals surface area contributed by atoms with Crippen LogP contribution in [0.4, 0.5) is 0 Å². The lowest BCUT2D eigenvalue weighted by molar-refractivity contribution is 0.0410. The van der Waals surface area contributed by atoms with Crippen LogP contribution in [0.15, 0.2) is 71.7 Å². The molecule has 1 heterocycles. The molecule has 2 aromatic carbocycles. The molecule has 1 unspecified atom stereocenters. The Bertz CT molecular complexity index is 761. The second kappa shape index (κ2) is 6.83. The Morgan fingerprint density at radius 2 is 1.67 bits per heavy atom. The largest absolute Gasteiger partial charge is 0.452 e. The fourth-order valence-corrected chi connectivity index (χ4v) is 2.79. The zero-order chi connectivity index (χ0) is 17.0. The smallest absolute Gasteiger partial charge is 0.338 e. The lowest BCUT2D eigenvalue weighted by Gasteiger charge is -2.16. The van der Waals surface area contributed by atoms with E-state index in [-0.39, 0.29) is 17.6 Å². The molecular weight excluding hydrogens is 298 g/mol. The van der Waals surface area contributed by atoms with Crippen molar-refractivity contribution >= 4 is 17.8 Å². The summed E-state index contributed by atoms with van der Waals surface area (Å²) in [5, 5.41) is 0. The first kappa shape index (κ1) is 16.2. The fraction of sp³-hybridized carbons (Fsp3) is 0.238. The number of esters is 1. The molecule has 122 valence electrons. The molecular formula is C21H21NO2. The van der Waals surface area contributed by atoms with Crippen molar-refractivity contribution < 1.29 is 9.53 Å². The second-order valence-electron chi connectivity index (χ2n) is 6.56. The topological polar surface area (TPSA) is 38.7 Å². The summed E-state index contributed by atoms with van der Waals surface area (Å²) in [6.07, 6.45) is 4.34. The number of nitrogens with zero attached hydrogens (tertiary/aromatic N) is 1. The average Bonchev–Trinajstić information content (AvgIpc) is 2.88. The number of carbonyl (C=O) groups excluding carboxylic acids is 1. The standard InChI is InChI=1S/C21H21NO2/c1-21(2)15-19(24-20(23)17-11-7-4-8-12-17)18(22-21)14-13-16-9-5-3-6-10-16/h3-14,19H,15H2,1-2H3. The zero-order valence-electron chi connectivity index (χ0n) is 14.0. The van der Waals surface area contributed by atoms with E-state index in [9.17, 15) is 4.79 Å². The van der Waals surface area contributed by atoms with Crippen LogP contribution < -0.4 is 0 Å². The van der Waals surface area contributed by atoms with Gasteiger partial charge in [0.05, 0.1) is 16.8 Å². The number of aliphatic imine (C=N–C) groups is 1. The fourth-order valence-electron chi connectivity index (χ4n) is 2.79. The summed E-state index contributed by atoms with van der Waals surface area (Å²) < 4.78 is 5.71. The summed E-state index contributed by atoms with van der Waals surface area (Å²) in [6, 6.07) is 19.1. The van der Waals surface area contributed by atoms with Crippen LogP contribution in [0, 0.1) is 0 Å². The number of hydrogen-bond acceptors (Lipinski definition) is 3. The van der Waals surface area contributed by atoms with Crippen molar-refractivity contribution in [2.24, 2.45) is 4.99 Å². The predicted molar refractivity (Wildman–Crippen MR) is 97.3 cm³/mol. The van der Waals surface area contributed by atoms with Crippen LogP contribution >= 0.6 is 0 Å². The molecule has 1 aliphatic heterocycles. The highest BCUT2D eigenvalue weighted by atomic mass is 16.5. The van der Waals surface area contributed by atoms with Gasteiger partial charge in [-0.3, -0.25) is 4.99 Å². The first-order valence-corrected chi connectivity index (χ1v) is 8.12. The number of ether oxygens (including phenoxy) is 1. The maximum Gasteiger partial charge on any atom is 0.338 e. The highest BCUT2D eigenvalue weighted by Crippen LogP contribution is 2.28. The van der Waals surface area contributed by atoms with Gasteiger partial charge in [-0.05, 0) is 37.6 Å². The Morgan fingerprint density at radius 1 is 1.04 bits per heavy atom. The quantitative estimate of drug-likeness (QED) is 0.776. The first-order chi connectivity index (χ1) is 11.5. The van der Waals surface area contributed by atoms with Gasteiger partial charge in [0.25, 0.3) is 0 Å². The highest BCUT2D eigenvalue weighted by molar-refractivity contribution is 6.04. The van der Waals surface area contributed by atoms with E-state index in [1.165, 1.54) is 0 Å². The molecule has 3 nitrogen and oxygen atoms in total. The normalized spacial score (nSPS) is 19.2. The predicted octanol–water partition coefficient (Wildman–Crippen LogP) is 4.55. The van der Waals surface area contributed by atoms with Crippen LogP contribution in [-0.2, 0) is 4.74 Å². The van der Waals surface area contributed by atoms with Crippen molar-refractivity contribution in [2.45, 2.75) is 31.9 Å². The minimum atomic E-state index is -0.312. The molecule has 3 rings (SSSR count). The van der Waals surface area contributed by atoms with Gasteiger partial charge in [-0.15, -0.1) is 0 Å². The molecule has 0 radical (unpaired) electrons. The van der Waals surface area contributed by atoms with Crippen LogP contribution in [-0.4, -0.2) is 23.3 Å². The Balaban J connectivity index is 1.76. The molecule has 1 aliphatic rings. The van der Waals surface area contributed by atoms with E-state index >= 15 is 0 Å². The molecule has 3 heteroatoms. The Morgan fingerprint density at radius 3 is 2.33 bits per heavy atom. The molecule has 0 bridgehead atoms. The third kappa shape index (κ3) is 3.99. The Kier molecular flexibility index (Phi) is 4.61. The average molecular weight is 319 g/mol. The van der Waals surface area contributed by atoms with E-state index in [0.717, 1.165) is 11.3 Å². The van der Waals surface area contributed by atoms with Crippen LogP contribution in [0.25, 0.3) is 6.08 Å². The molecule has 0 saturated carbocycles. The van der Waals surface area contributed by atoms with Gasteiger partial charge in [0.1, 0.15) is 6.10 Å². The van der Waals surface area contributed by atoms with Gasteiger partial charge in [0.2, 0.25) is 0 Å². The van der Waals surface area contributed by atoms with Crippen molar-refractivity contribution in [1.29, 1.82) is 0 Å². The first-order valence-electron chi connectivity index (χ1n) is 8.12. The maximum atomic E-state index is 12.3. The van der Waals surface area contributed by atoms with E-state index < -0.39 is 0 Å². The summed E-state index contributed by atoms with van der Waals surface area (Å²) in [4.78, 5) is 17.0. The molecule has 0 amide bonds. The van der Waals surface area contributed by atoms with E-state index in [2.05, 4.69) is 13.8 Å². The third-order valence-corrected chi connectivity index (χ3v) is 3.95. The van der Waals surface area contributed by atoms with Gasteiger partial charge in [0.15, 0.2) is 0 Å². The van der Waals surface area contributed by atoms with Crippen LogP contribution in [0.2, 0.25) is 0 Å². The van der Waals surface area contributed by atoms with Crippen LogP contribution in [0.5, 0.6) is 0 Å². The molecule has 0 N–H and O–H groups in total. The van der Waals surface area contributed by atoms with Gasteiger partial charge >= 0.3 is 5.97 Å². The number of hydrogen-bond donors (Lipinski definition) is 0. The third-order valence-electron chi connectivity index (χ3n) is 3.95. The molecule has 24 heavy (non-hydrogen) atoms. The van der Waals surface area contributed by atoms with E-state index in [4.69, 9.17) is 9.73 Å². The highest BCUT2D eigenvalue weighted by Gasteiger charge is 2.35. The SMILES string of the molecule is CC1(C)CC(OC(=O)c2ccccc2)C(C=Cc2ccccc2)=N1. The van der Waals surface area contributed by atoms with Crippen molar-refractivity contribution in [3.05, 3.63) is 77.9 Å². The summed E-state index contributed by atoms with van der Waals surface area (Å²) in [6.45, 7) is 4.11. The van der Waals surface area contributed by atoms with Crippen LogP contribution in [0.1, 0.15) is 36.2 Å². The minimum absolute atomic E-state index is 0.224. The molecule has 0 aliphatic carbocycles. The molecule has 0 aromatic heterocycles. The molecule has 0 saturated heterocycles. The van der Waals surface area contributed by atoms with Crippen molar-refractivity contribution in [3.8, 4) is 0 Å². The lowest BCUT2D eigenvalue weighted by Crippen LogP contribution is -2.25. The van der Waals surface area contributed by atoms with Crippen LogP contribution in [0.3, 0.4) is 0 Å². The van der Waals surface area contributed by atoms with E-state index in [1.807, 2.05) is 60.7 Å². The zero-order valence-corrected chi connectivity index (χ0v) is 14.0. The monoisotopic (exact) mass is 319 g/mol. The number of benzene rings is 2. The molecule has 0 fully saturated rings. The minimum Gasteiger partial charge on any atom is -0.452 e. The molecule has 0 spiro atoms. The Labute approximate surface area is 142 Å². The van der Waals surface area contributed by atoms with Gasteiger partial charge < -0.3 is 4.74 Å². The summed E-state index contributed by atoms with van der Waals surface area (Å²) in [5.74, 6) is -0.306. The lowest BCUT2D eigenvalue weighted by atomic mass is 10.0.